The maximum atomic E-state index is 11.9. The van der Waals surface area contributed by atoms with Gasteiger partial charge in [0, 0.05) is 11.6 Å². The number of phenols is 1. The van der Waals surface area contributed by atoms with Gasteiger partial charge in [-0.2, -0.15) is 0 Å². The molecule has 0 aliphatic carbocycles. The van der Waals surface area contributed by atoms with E-state index in [1.54, 1.807) is 24.3 Å². The summed E-state index contributed by atoms with van der Waals surface area (Å²) < 4.78 is 0. The van der Waals surface area contributed by atoms with E-state index >= 15 is 0 Å². The standard InChI is InChI=1S/C18H19O3/c1-18(2,21)17(20)15-10-8-13(9-11-15)6-7-14-4-3-5-16(19)12-14/h3-4,8-12,19,21H,6-7H2,1-2H3. The summed E-state index contributed by atoms with van der Waals surface area (Å²) in [5.41, 5.74) is 1.32. The molecule has 1 radical (unpaired) electrons. The topological polar surface area (TPSA) is 57.5 Å². The first-order chi connectivity index (χ1) is 9.86. The third-order valence-electron chi connectivity index (χ3n) is 3.32. The van der Waals surface area contributed by atoms with Gasteiger partial charge in [-0.05, 0) is 43.9 Å². The Bertz CT molecular complexity index is 622. The molecule has 3 nitrogen and oxygen atoms in total. The van der Waals surface area contributed by atoms with E-state index in [1.165, 1.54) is 13.8 Å². The second-order valence-electron chi connectivity index (χ2n) is 5.67. The van der Waals surface area contributed by atoms with Crippen LogP contribution in [0.15, 0.2) is 42.5 Å². The predicted octanol–water partition coefficient (Wildman–Crippen LogP) is 2.93. The van der Waals surface area contributed by atoms with Gasteiger partial charge in [-0.25, -0.2) is 0 Å². The van der Waals surface area contributed by atoms with Crippen LogP contribution in [0.3, 0.4) is 0 Å². The van der Waals surface area contributed by atoms with E-state index in [1.807, 2.05) is 18.2 Å². The lowest BCUT2D eigenvalue weighted by Gasteiger charge is -2.15. The summed E-state index contributed by atoms with van der Waals surface area (Å²) in [4.78, 5) is 11.9. The minimum absolute atomic E-state index is 0.152. The van der Waals surface area contributed by atoms with Crippen molar-refractivity contribution in [1.82, 2.24) is 0 Å². The van der Waals surface area contributed by atoms with Gasteiger partial charge < -0.3 is 10.2 Å². The summed E-state index contributed by atoms with van der Waals surface area (Å²) in [5.74, 6) is -0.129. The van der Waals surface area contributed by atoms with Crippen molar-refractivity contribution >= 4 is 5.78 Å². The Balaban J connectivity index is 2.01. The Morgan fingerprint density at radius 1 is 1.10 bits per heavy atom. The second kappa shape index (κ2) is 6.10. The molecule has 2 rings (SSSR count). The third kappa shape index (κ3) is 4.17. The van der Waals surface area contributed by atoms with E-state index < -0.39 is 5.60 Å². The first-order valence-corrected chi connectivity index (χ1v) is 6.92. The molecule has 0 atom stereocenters. The molecule has 0 unspecified atom stereocenters. The Morgan fingerprint density at radius 3 is 2.29 bits per heavy atom. The highest BCUT2D eigenvalue weighted by Gasteiger charge is 2.24. The highest BCUT2D eigenvalue weighted by Crippen LogP contribution is 2.16. The highest BCUT2D eigenvalue weighted by molar-refractivity contribution is 6.01. The molecule has 0 saturated heterocycles. The van der Waals surface area contributed by atoms with Crippen LogP contribution < -0.4 is 0 Å². The molecule has 0 saturated carbocycles. The first-order valence-electron chi connectivity index (χ1n) is 6.92. The molecular weight excluding hydrogens is 264 g/mol. The molecule has 3 heteroatoms. The van der Waals surface area contributed by atoms with Crippen molar-refractivity contribution in [2.24, 2.45) is 0 Å². The van der Waals surface area contributed by atoms with Crippen molar-refractivity contribution in [3.8, 4) is 5.75 Å². The van der Waals surface area contributed by atoms with E-state index in [2.05, 4.69) is 6.07 Å². The number of phenolic OH excluding ortho intramolecular Hbond substituents is 1. The molecule has 0 amide bonds. The zero-order valence-corrected chi connectivity index (χ0v) is 12.3. The predicted molar refractivity (Wildman–Crippen MR) is 81.4 cm³/mol. The fourth-order valence-electron chi connectivity index (χ4n) is 2.12. The van der Waals surface area contributed by atoms with Gasteiger partial charge in [0.1, 0.15) is 11.4 Å². The van der Waals surface area contributed by atoms with Gasteiger partial charge in [0.25, 0.3) is 0 Å². The molecule has 0 aliphatic rings. The first kappa shape index (κ1) is 15.3. The van der Waals surface area contributed by atoms with E-state index in [-0.39, 0.29) is 11.5 Å². The summed E-state index contributed by atoms with van der Waals surface area (Å²) in [6.07, 6.45) is 1.63. The lowest BCUT2D eigenvalue weighted by atomic mass is 9.95. The van der Waals surface area contributed by atoms with Crippen LogP contribution in [0.4, 0.5) is 0 Å². The number of rotatable bonds is 5. The summed E-state index contributed by atoms with van der Waals surface area (Å²) in [7, 11) is 0. The third-order valence-corrected chi connectivity index (χ3v) is 3.32. The van der Waals surface area contributed by atoms with Gasteiger partial charge in [0.15, 0.2) is 5.78 Å². The zero-order chi connectivity index (χ0) is 15.5. The van der Waals surface area contributed by atoms with Crippen molar-refractivity contribution in [3.63, 3.8) is 0 Å². The van der Waals surface area contributed by atoms with E-state index in [9.17, 15) is 15.0 Å². The van der Waals surface area contributed by atoms with Crippen LogP contribution >= 0.6 is 0 Å². The van der Waals surface area contributed by atoms with Gasteiger partial charge in [-0.3, -0.25) is 4.79 Å². The summed E-state index contributed by atoms with van der Waals surface area (Å²) in [5, 5.41) is 19.1. The lowest BCUT2D eigenvalue weighted by Crippen LogP contribution is -2.31. The Kier molecular flexibility index (Phi) is 4.43. The molecule has 0 heterocycles. The molecule has 0 aromatic heterocycles. The van der Waals surface area contributed by atoms with Gasteiger partial charge in [-0.1, -0.05) is 36.4 Å². The molecule has 0 fully saturated rings. The summed E-state index contributed by atoms with van der Waals surface area (Å²) in [6.45, 7) is 2.98. The van der Waals surface area contributed by atoms with Crippen molar-refractivity contribution in [1.29, 1.82) is 0 Å². The average Bonchev–Trinajstić information content (AvgIpc) is 2.44. The largest absolute Gasteiger partial charge is 0.507 e. The average molecular weight is 283 g/mol. The number of Topliss-reactive ketones (excluding diaryl/α,β-unsaturated/α-hetero) is 1. The van der Waals surface area contributed by atoms with E-state index in [0.717, 1.165) is 24.0 Å². The molecular formula is C18H19O3. The SMILES string of the molecule is CC(C)(O)C(=O)c1ccc(CCc2cc[c]c(O)c2)cc1. The molecule has 109 valence electrons. The van der Waals surface area contributed by atoms with Crippen molar-refractivity contribution in [2.75, 3.05) is 0 Å². The molecule has 21 heavy (non-hydrogen) atoms. The number of carbonyl (C=O) groups is 1. The van der Waals surface area contributed by atoms with Crippen LogP contribution in [0.1, 0.15) is 35.3 Å². The minimum Gasteiger partial charge on any atom is -0.507 e. The van der Waals surface area contributed by atoms with Crippen LogP contribution in [-0.4, -0.2) is 21.6 Å². The van der Waals surface area contributed by atoms with Crippen molar-refractivity contribution in [3.05, 3.63) is 65.2 Å². The van der Waals surface area contributed by atoms with Gasteiger partial charge in [0.2, 0.25) is 0 Å². The van der Waals surface area contributed by atoms with E-state index in [0.29, 0.717) is 5.56 Å². The number of carbonyl (C=O) groups excluding carboxylic acids is 1. The maximum Gasteiger partial charge on any atom is 0.193 e. The molecule has 2 aromatic rings. The quantitative estimate of drug-likeness (QED) is 0.829. The van der Waals surface area contributed by atoms with Gasteiger partial charge in [0.05, 0.1) is 0 Å². The highest BCUT2D eigenvalue weighted by atomic mass is 16.3. The lowest BCUT2D eigenvalue weighted by molar-refractivity contribution is 0.0488. The minimum atomic E-state index is -1.35. The number of hydrogen-bond donors (Lipinski definition) is 2. The van der Waals surface area contributed by atoms with Crippen LogP contribution in [0.5, 0.6) is 5.75 Å². The van der Waals surface area contributed by atoms with Crippen LogP contribution in [0.25, 0.3) is 0 Å². The Morgan fingerprint density at radius 2 is 1.71 bits per heavy atom. The van der Waals surface area contributed by atoms with Crippen LogP contribution in [0.2, 0.25) is 0 Å². The monoisotopic (exact) mass is 283 g/mol. The molecule has 0 aliphatic heterocycles. The van der Waals surface area contributed by atoms with Crippen molar-refractivity contribution < 1.29 is 15.0 Å². The zero-order valence-electron chi connectivity index (χ0n) is 12.3. The fraction of sp³-hybridized carbons (Fsp3) is 0.278. The Hall–Kier alpha value is -2.13. The van der Waals surface area contributed by atoms with Crippen LogP contribution in [-0.2, 0) is 12.8 Å². The van der Waals surface area contributed by atoms with Gasteiger partial charge in [-0.15, -0.1) is 0 Å². The normalized spacial score (nSPS) is 11.4. The number of benzene rings is 2. The molecule has 2 N–H and O–H groups in total. The second-order valence-corrected chi connectivity index (χ2v) is 5.67. The van der Waals surface area contributed by atoms with Crippen LogP contribution in [0, 0.1) is 6.07 Å². The number of ketones is 1. The Labute approximate surface area is 124 Å². The fourth-order valence-corrected chi connectivity index (χ4v) is 2.12. The molecule has 0 spiro atoms. The van der Waals surface area contributed by atoms with E-state index in [4.69, 9.17) is 0 Å². The van der Waals surface area contributed by atoms with Gasteiger partial charge >= 0.3 is 0 Å². The molecule has 0 bridgehead atoms. The smallest absolute Gasteiger partial charge is 0.193 e. The maximum absolute atomic E-state index is 11.9. The number of aliphatic hydroxyl groups is 1. The summed E-state index contributed by atoms with van der Waals surface area (Å²) >= 11 is 0. The summed E-state index contributed by atoms with van der Waals surface area (Å²) in [6, 6.07) is 15.3. The number of aryl methyl sites for hydroxylation is 2. The number of hydrogen-bond acceptors (Lipinski definition) is 3. The number of aromatic hydroxyl groups is 1. The molecule has 2 aromatic carbocycles. The van der Waals surface area contributed by atoms with Crippen molar-refractivity contribution in [2.45, 2.75) is 32.3 Å².